The molecule has 8 nitrogen and oxygen atoms in total. The molecule has 0 aliphatic heterocycles. The SMILES string of the molecule is CC(=O)c1ccc(N/C=C(/C#N)C(=O)Nc2cccc([N+](=O)[O-])c2)cc1. The Morgan fingerprint density at radius 1 is 1.15 bits per heavy atom. The Kier molecular flexibility index (Phi) is 5.79. The Hall–Kier alpha value is -3.99. The summed E-state index contributed by atoms with van der Waals surface area (Å²) in [7, 11) is 0. The van der Waals surface area contributed by atoms with Gasteiger partial charge in [-0.3, -0.25) is 19.7 Å². The third kappa shape index (κ3) is 4.75. The average Bonchev–Trinajstić information content (AvgIpc) is 2.62. The number of Topliss-reactive ketones (excluding diaryl/α,β-unsaturated/α-hetero) is 1. The zero-order valence-corrected chi connectivity index (χ0v) is 13.7. The van der Waals surface area contributed by atoms with Crippen LogP contribution in [0.2, 0.25) is 0 Å². The van der Waals surface area contributed by atoms with E-state index in [2.05, 4.69) is 10.6 Å². The van der Waals surface area contributed by atoms with Crippen LogP contribution in [0.5, 0.6) is 0 Å². The van der Waals surface area contributed by atoms with Gasteiger partial charge < -0.3 is 10.6 Å². The van der Waals surface area contributed by atoms with Crippen LogP contribution in [-0.4, -0.2) is 16.6 Å². The first-order chi connectivity index (χ1) is 12.4. The molecule has 0 aliphatic rings. The predicted molar refractivity (Wildman–Crippen MR) is 95.5 cm³/mol. The lowest BCUT2D eigenvalue weighted by atomic mass is 10.1. The van der Waals surface area contributed by atoms with Gasteiger partial charge in [0.25, 0.3) is 11.6 Å². The third-order valence-electron chi connectivity index (χ3n) is 3.35. The van der Waals surface area contributed by atoms with E-state index in [1.165, 1.54) is 37.4 Å². The fourth-order valence-corrected chi connectivity index (χ4v) is 2.00. The topological polar surface area (TPSA) is 125 Å². The molecule has 0 fully saturated rings. The summed E-state index contributed by atoms with van der Waals surface area (Å²) in [5, 5.41) is 25.1. The number of benzene rings is 2. The van der Waals surface area contributed by atoms with E-state index >= 15 is 0 Å². The number of ketones is 1. The van der Waals surface area contributed by atoms with Gasteiger partial charge in [-0.15, -0.1) is 0 Å². The second kappa shape index (κ2) is 8.21. The first-order valence-corrected chi connectivity index (χ1v) is 7.44. The van der Waals surface area contributed by atoms with Crippen LogP contribution in [0.1, 0.15) is 17.3 Å². The molecule has 0 aromatic heterocycles. The number of nitro benzene ring substituents is 1. The van der Waals surface area contributed by atoms with Gasteiger partial charge in [-0.05, 0) is 37.3 Å². The molecule has 2 N–H and O–H groups in total. The highest BCUT2D eigenvalue weighted by atomic mass is 16.6. The molecule has 0 bridgehead atoms. The van der Waals surface area contributed by atoms with E-state index in [4.69, 9.17) is 5.26 Å². The van der Waals surface area contributed by atoms with Crippen molar-refractivity contribution in [2.45, 2.75) is 6.92 Å². The van der Waals surface area contributed by atoms with Crippen LogP contribution < -0.4 is 10.6 Å². The molecule has 2 rings (SSSR count). The zero-order chi connectivity index (χ0) is 19.1. The van der Waals surface area contributed by atoms with Crippen LogP contribution in [0.25, 0.3) is 0 Å². The summed E-state index contributed by atoms with van der Waals surface area (Å²) in [5.74, 6) is -0.776. The normalized spacial score (nSPS) is 10.5. The van der Waals surface area contributed by atoms with Gasteiger partial charge in [0, 0.05) is 35.3 Å². The van der Waals surface area contributed by atoms with Crippen molar-refractivity contribution in [2.24, 2.45) is 0 Å². The fraction of sp³-hybridized carbons (Fsp3) is 0.0556. The maximum absolute atomic E-state index is 12.1. The molecular formula is C18H14N4O4. The molecule has 0 spiro atoms. The first kappa shape index (κ1) is 18.4. The highest BCUT2D eigenvalue weighted by Crippen LogP contribution is 2.18. The van der Waals surface area contributed by atoms with Crippen LogP contribution in [0.15, 0.2) is 60.3 Å². The third-order valence-corrected chi connectivity index (χ3v) is 3.35. The van der Waals surface area contributed by atoms with E-state index in [1.807, 2.05) is 0 Å². The van der Waals surface area contributed by atoms with Crippen LogP contribution in [0, 0.1) is 21.4 Å². The number of nitrogens with zero attached hydrogens (tertiary/aromatic N) is 2. The lowest BCUT2D eigenvalue weighted by Crippen LogP contribution is -2.14. The van der Waals surface area contributed by atoms with Gasteiger partial charge in [-0.25, -0.2) is 0 Å². The molecule has 0 saturated carbocycles. The van der Waals surface area contributed by atoms with Gasteiger partial charge in [-0.1, -0.05) is 6.07 Å². The first-order valence-electron chi connectivity index (χ1n) is 7.44. The van der Waals surface area contributed by atoms with Crippen molar-refractivity contribution >= 4 is 28.8 Å². The number of non-ortho nitro benzene ring substituents is 1. The number of rotatable bonds is 6. The minimum atomic E-state index is -0.708. The van der Waals surface area contributed by atoms with E-state index in [0.29, 0.717) is 11.3 Å². The highest BCUT2D eigenvalue weighted by Gasteiger charge is 2.12. The lowest BCUT2D eigenvalue weighted by Gasteiger charge is -2.05. The number of carbonyl (C=O) groups excluding carboxylic acids is 2. The molecule has 0 aliphatic carbocycles. The maximum atomic E-state index is 12.1. The lowest BCUT2D eigenvalue weighted by molar-refractivity contribution is -0.384. The Bertz CT molecular complexity index is 927. The van der Waals surface area contributed by atoms with Crippen LogP contribution in [0.3, 0.4) is 0 Å². The average molecular weight is 350 g/mol. The summed E-state index contributed by atoms with van der Waals surface area (Å²) in [6.45, 7) is 1.45. The standard InChI is InChI=1S/C18H14N4O4/c1-12(23)13-5-7-15(8-6-13)20-11-14(10-19)18(24)21-16-3-2-4-17(9-16)22(25)26/h2-9,11,20H,1H3,(H,21,24)/b14-11-. The van der Waals surface area contributed by atoms with Gasteiger partial charge >= 0.3 is 0 Å². The van der Waals surface area contributed by atoms with Crippen LogP contribution in [0.4, 0.5) is 17.1 Å². The molecule has 1 amide bonds. The highest BCUT2D eigenvalue weighted by molar-refractivity contribution is 6.06. The van der Waals surface area contributed by atoms with Crippen molar-refractivity contribution < 1.29 is 14.5 Å². The molecule has 8 heteroatoms. The van der Waals surface area contributed by atoms with Gasteiger partial charge in [0.2, 0.25) is 0 Å². The van der Waals surface area contributed by atoms with Gasteiger partial charge in [0.05, 0.1) is 4.92 Å². The zero-order valence-electron chi connectivity index (χ0n) is 13.7. The van der Waals surface area contributed by atoms with Crippen LogP contribution >= 0.6 is 0 Å². The number of hydrogen-bond donors (Lipinski definition) is 2. The van der Waals surface area contributed by atoms with Crippen molar-refractivity contribution in [1.29, 1.82) is 5.26 Å². The maximum Gasteiger partial charge on any atom is 0.271 e. The van der Waals surface area contributed by atoms with Gasteiger partial charge in [-0.2, -0.15) is 5.26 Å². The monoisotopic (exact) mass is 350 g/mol. The number of nitrogens with one attached hydrogen (secondary N) is 2. The van der Waals surface area contributed by atoms with E-state index in [9.17, 15) is 19.7 Å². The van der Waals surface area contributed by atoms with Crippen molar-refractivity contribution in [1.82, 2.24) is 0 Å². The number of hydrogen-bond acceptors (Lipinski definition) is 6. The van der Waals surface area contributed by atoms with Crippen LogP contribution in [-0.2, 0) is 4.79 Å². The number of amides is 1. The van der Waals surface area contributed by atoms with Crippen molar-refractivity contribution in [3.05, 3.63) is 76.0 Å². The largest absolute Gasteiger partial charge is 0.360 e. The van der Waals surface area contributed by atoms with Crippen molar-refractivity contribution in [2.75, 3.05) is 10.6 Å². The van der Waals surface area contributed by atoms with Crippen molar-refractivity contribution in [3.8, 4) is 6.07 Å². The number of nitro groups is 1. The Labute approximate surface area is 148 Å². The molecule has 2 aromatic carbocycles. The Morgan fingerprint density at radius 3 is 2.42 bits per heavy atom. The quantitative estimate of drug-likeness (QED) is 0.271. The molecule has 0 heterocycles. The molecule has 2 aromatic rings. The smallest absolute Gasteiger partial charge is 0.271 e. The summed E-state index contributed by atoms with van der Waals surface area (Å²) in [6.07, 6.45) is 1.22. The minimum Gasteiger partial charge on any atom is -0.360 e. The van der Waals surface area contributed by atoms with E-state index < -0.39 is 10.8 Å². The van der Waals surface area contributed by atoms with Gasteiger partial charge in [0.1, 0.15) is 11.6 Å². The molecular weight excluding hydrogens is 336 g/mol. The van der Waals surface area contributed by atoms with E-state index in [-0.39, 0.29) is 22.7 Å². The van der Waals surface area contributed by atoms with E-state index in [0.717, 1.165) is 0 Å². The number of carbonyl (C=O) groups is 2. The summed E-state index contributed by atoms with van der Waals surface area (Å²) < 4.78 is 0. The number of nitriles is 1. The molecule has 130 valence electrons. The summed E-state index contributed by atoms with van der Waals surface area (Å²) in [5.41, 5.74) is 0.951. The summed E-state index contributed by atoms with van der Waals surface area (Å²) in [4.78, 5) is 33.5. The molecule has 0 radical (unpaired) electrons. The fourth-order valence-electron chi connectivity index (χ4n) is 2.00. The van der Waals surface area contributed by atoms with Gasteiger partial charge in [0.15, 0.2) is 5.78 Å². The summed E-state index contributed by atoms with van der Waals surface area (Å²) in [6, 6.07) is 13.7. The second-order valence-electron chi connectivity index (χ2n) is 5.21. The molecule has 0 saturated heterocycles. The molecule has 0 unspecified atom stereocenters. The molecule has 0 atom stereocenters. The Morgan fingerprint density at radius 2 is 1.85 bits per heavy atom. The minimum absolute atomic E-state index is 0.0684. The molecule has 26 heavy (non-hydrogen) atoms. The number of anilines is 2. The second-order valence-corrected chi connectivity index (χ2v) is 5.21. The predicted octanol–water partition coefficient (Wildman–Crippen LogP) is 3.26. The summed E-state index contributed by atoms with van der Waals surface area (Å²) >= 11 is 0. The van der Waals surface area contributed by atoms with E-state index in [1.54, 1.807) is 30.3 Å². The van der Waals surface area contributed by atoms with Crippen molar-refractivity contribution in [3.63, 3.8) is 0 Å². The Balaban J connectivity index is 2.09.